The number of carbonyl (C=O) groups excluding carboxylic acids is 1. The van der Waals surface area contributed by atoms with Crippen molar-refractivity contribution >= 4 is 5.78 Å². The summed E-state index contributed by atoms with van der Waals surface area (Å²) in [6, 6.07) is 7.86. The van der Waals surface area contributed by atoms with Gasteiger partial charge in [-0.3, -0.25) is 4.79 Å². The third-order valence-electron chi connectivity index (χ3n) is 5.59. The molecule has 128 valence electrons. The van der Waals surface area contributed by atoms with Crippen LogP contribution in [0.5, 0.6) is 23.0 Å². The fraction of sp³-hybridized carbons (Fsp3) is 0.350. The Morgan fingerprint density at radius 3 is 2.40 bits per heavy atom. The van der Waals surface area contributed by atoms with Gasteiger partial charge in [-0.2, -0.15) is 0 Å². The summed E-state index contributed by atoms with van der Waals surface area (Å²) < 4.78 is 22.0. The lowest BCUT2D eigenvalue weighted by atomic mass is 9.66. The number of ether oxygens (including phenoxy) is 4. The molecular weight excluding hydrogens is 320 g/mol. The Labute approximate surface area is 145 Å². The molecule has 25 heavy (non-hydrogen) atoms. The van der Waals surface area contributed by atoms with E-state index in [0.717, 1.165) is 45.3 Å². The van der Waals surface area contributed by atoms with Gasteiger partial charge in [0.15, 0.2) is 23.0 Å². The second-order valence-corrected chi connectivity index (χ2v) is 7.05. The van der Waals surface area contributed by atoms with Crippen molar-refractivity contribution in [3.05, 3.63) is 46.5 Å². The maximum atomic E-state index is 13.1. The van der Waals surface area contributed by atoms with Gasteiger partial charge in [-0.15, -0.1) is 0 Å². The van der Waals surface area contributed by atoms with Gasteiger partial charge in [0, 0.05) is 6.42 Å². The molecule has 2 aromatic carbocycles. The van der Waals surface area contributed by atoms with E-state index in [2.05, 4.69) is 0 Å². The van der Waals surface area contributed by atoms with Crippen LogP contribution in [0.3, 0.4) is 0 Å². The fourth-order valence-electron chi connectivity index (χ4n) is 4.16. The van der Waals surface area contributed by atoms with Crippen LogP contribution >= 0.6 is 0 Å². The first-order chi connectivity index (χ1) is 12.1. The van der Waals surface area contributed by atoms with Gasteiger partial charge < -0.3 is 18.9 Å². The lowest BCUT2D eigenvalue weighted by molar-refractivity contribution is -0.124. The van der Waals surface area contributed by atoms with Crippen molar-refractivity contribution in [1.82, 2.24) is 0 Å². The molecule has 5 nitrogen and oxygen atoms in total. The first-order valence-corrected chi connectivity index (χ1v) is 8.40. The molecule has 0 unspecified atom stereocenters. The summed E-state index contributed by atoms with van der Waals surface area (Å²) in [5.41, 5.74) is 3.57. The SMILES string of the molecule is Cc1c([C@@]2(C)Cc3cc4c(cc3CC2=O)OCO4)ccc2c1OCO2. The first kappa shape index (κ1) is 14.6. The van der Waals surface area contributed by atoms with E-state index in [9.17, 15) is 4.79 Å². The molecular formula is C20H18O5. The largest absolute Gasteiger partial charge is 0.454 e. The van der Waals surface area contributed by atoms with Gasteiger partial charge in [-0.1, -0.05) is 6.07 Å². The van der Waals surface area contributed by atoms with Crippen molar-refractivity contribution < 1.29 is 23.7 Å². The Morgan fingerprint density at radius 1 is 0.920 bits per heavy atom. The van der Waals surface area contributed by atoms with Crippen LogP contribution in [0.25, 0.3) is 0 Å². The standard InChI is InChI=1S/C20H18O5/c1-11-14(3-4-15-19(11)25-10-22-15)20(2)8-13-6-17-16(23-9-24-17)5-12(13)7-18(20)21/h3-6H,7-10H2,1-2H3/t20-/m1/s1. The van der Waals surface area contributed by atoms with Crippen LogP contribution in [0.1, 0.15) is 29.2 Å². The van der Waals surface area contributed by atoms with Gasteiger partial charge in [0.2, 0.25) is 13.6 Å². The number of fused-ring (bicyclic) bond motifs is 3. The normalized spacial score (nSPS) is 22.9. The number of hydrogen-bond acceptors (Lipinski definition) is 5. The second-order valence-electron chi connectivity index (χ2n) is 7.05. The molecule has 0 N–H and O–H groups in total. The van der Waals surface area contributed by atoms with E-state index in [1.807, 2.05) is 38.1 Å². The molecule has 2 heterocycles. The van der Waals surface area contributed by atoms with Crippen molar-refractivity contribution in [3.63, 3.8) is 0 Å². The molecule has 0 saturated carbocycles. The third kappa shape index (κ3) is 1.98. The summed E-state index contributed by atoms with van der Waals surface area (Å²) in [6.07, 6.45) is 1.04. The van der Waals surface area contributed by atoms with E-state index in [-0.39, 0.29) is 19.4 Å². The topological polar surface area (TPSA) is 54.0 Å². The molecule has 2 aliphatic heterocycles. The minimum atomic E-state index is -0.592. The summed E-state index contributed by atoms with van der Waals surface area (Å²) in [4.78, 5) is 13.1. The number of benzene rings is 2. The molecule has 1 aliphatic carbocycles. The van der Waals surface area contributed by atoms with E-state index in [0.29, 0.717) is 12.8 Å². The van der Waals surface area contributed by atoms with Crippen LogP contribution in [0.2, 0.25) is 0 Å². The number of Topliss-reactive ketones (excluding diaryl/α,β-unsaturated/α-hetero) is 1. The highest BCUT2D eigenvalue weighted by atomic mass is 16.7. The molecule has 3 aliphatic rings. The highest BCUT2D eigenvalue weighted by molar-refractivity contribution is 5.94. The van der Waals surface area contributed by atoms with Crippen molar-refractivity contribution in [2.45, 2.75) is 32.1 Å². The minimum Gasteiger partial charge on any atom is -0.454 e. The first-order valence-electron chi connectivity index (χ1n) is 8.40. The number of ketones is 1. The van der Waals surface area contributed by atoms with E-state index >= 15 is 0 Å². The Bertz CT molecular complexity index is 917. The van der Waals surface area contributed by atoms with Crippen LogP contribution in [0, 0.1) is 6.92 Å². The lowest BCUT2D eigenvalue weighted by Gasteiger charge is -2.35. The summed E-state index contributed by atoms with van der Waals surface area (Å²) in [7, 11) is 0. The molecule has 0 spiro atoms. The smallest absolute Gasteiger partial charge is 0.231 e. The maximum Gasteiger partial charge on any atom is 0.231 e. The van der Waals surface area contributed by atoms with Gasteiger partial charge in [0.05, 0.1) is 5.41 Å². The zero-order valence-corrected chi connectivity index (χ0v) is 14.2. The molecule has 0 saturated heterocycles. The third-order valence-corrected chi connectivity index (χ3v) is 5.59. The number of hydrogen-bond donors (Lipinski definition) is 0. The molecule has 0 bridgehead atoms. The van der Waals surface area contributed by atoms with Crippen molar-refractivity contribution in [3.8, 4) is 23.0 Å². The average molecular weight is 338 g/mol. The molecule has 0 amide bonds. The van der Waals surface area contributed by atoms with Gasteiger partial charge in [0.1, 0.15) is 5.78 Å². The van der Waals surface area contributed by atoms with Crippen molar-refractivity contribution in [1.29, 1.82) is 0 Å². The molecule has 0 aromatic heterocycles. The molecule has 2 aromatic rings. The highest BCUT2D eigenvalue weighted by Gasteiger charge is 2.42. The van der Waals surface area contributed by atoms with Crippen molar-refractivity contribution in [2.75, 3.05) is 13.6 Å². The van der Waals surface area contributed by atoms with Crippen LogP contribution < -0.4 is 18.9 Å². The van der Waals surface area contributed by atoms with E-state index in [4.69, 9.17) is 18.9 Å². The molecule has 5 rings (SSSR count). The van der Waals surface area contributed by atoms with Gasteiger partial charge in [-0.05, 0) is 60.7 Å². The zero-order valence-electron chi connectivity index (χ0n) is 14.2. The second kappa shape index (κ2) is 4.91. The molecule has 0 radical (unpaired) electrons. The highest BCUT2D eigenvalue weighted by Crippen LogP contribution is 2.46. The predicted molar refractivity (Wildman–Crippen MR) is 89.6 cm³/mol. The summed E-state index contributed by atoms with van der Waals surface area (Å²) in [5.74, 6) is 3.20. The average Bonchev–Trinajstić information content (AvgIpc) is 3.23. The number of carbonyl (C=O) groups is 1. The van der Waals surface area contributed by atoms with Crippen molar-refractivity contribution in [2.24, 2.45) is 0 Å². The molecule has 1 atom stereocenters. The van der Waals surface area contributed by atoms with Gasteiger partial charge in [-0.25, -0.2) is 0 Å². The van der Waals surface area contributed by atoms with Crippen LogP contribution in [-0.4, -0.2) is 19.4 Å². The van der Waals surface area contributed by atoms with E-state index in [1.54, 1.807) is 0 Å². The van der Waals surface area contributed by atoms with Crippen LogP contribution in [0.15, 0.2) is 24.3 Å². The predicted octanol–water partition coefficient (Wildman–Crippen LogP) is 3.08. The Hall–Kier alpha value is -2.69. The lowest BCUT2D eigenvalue weighted by Crippen LogP contribution is -2.40. The Morgan fingerprint density at radius 2 is 1.60 bits per heavy atom. The zero-order chi connectivity index (χ0) is 17.2. The van der Waals surface area contributed by atoms with Gasteiger partial charge in [0.25, 0.3) is 0 Å². The quantitative estimate of drug-likeness (QED) is 0.800. The van der Waals surface area contributed by atoms with E-state index in [1.165, 1.54) is 0 Å². The minimum absolute atomic E-state index is 0.209. The summed E-state index contributed by atoms with van der Waals surface area (Å²) in [5, 5.41) is 0. The fourth-order valence-corrected chi connectivity index (χ4v) is 4.16. The Balaban J connectivity index is 1.61. The molecule has 5 heteroatoms. The van der Waals surface area contributed by atoms with Crippen LogP contribution in [0.4, 0.5) is 0 Å². The summed E-state index contributed by atoms with van der Waals surface area (Å²) in [6.45, 7) is 4.49. The van der Waals surface area contributed by atoms with Gasteiger partial charge >= 0.3 is 0 Å². The van der Waals surface area contributed by atoms with E-state index < -0.39 is 5.41 Å². The monoisotopic (exact) mass is 338 g/mol. The molecule has 0 fully saturated rings. The van der Waals surface area contributed by atoms with Crippen LogP contribution in [-0.2, 0) is 23.1 Å². The number of rotatable bonds is 1. The maximum absolute atomic E-state index is 13.1. The Kier molecular flexibility index (Phi) is 2.87. The summed E-state index contributed by atoms with van der Waals surface area (Å²) >= 11 is 0.